The molecule has 1 saturated heterocycles. The SMILES string of the molecule is CC(O)C1NC(=O)C(CCCN(O)C=O)NC(=O)C(NC(=O)C(CCCN(O)C=O)NC(=O)C(CO)NC(=O)C(CCCN=C(N)N)NC(=O)C(CO)NC(=O)C2CCNc3c(NC(=O)CCC(N)=O)cc4cc(O)c(=O)cc-4n32)CCCCNC(=O)C(C(C)O)NC1=O. The second kappa shape index (κ2) is 37.6. The molecule has 0 bridgehead atoms. The number of hydrogen-bond donors (Lipinski definition) is 21. The van der Waals surface area contributed by atoms with Gasteiger partial charge in [0.1, 0.15) is 60.2 Å². The van der Waals surface area contributed by atoms with Gasteiger partial charge in [-0.1, -0.05) is 0 Å². The molecule has 0 aromatic heterocycles. The van der Waals surface area contributed by atoms with Crippen molar-refractivity contribution in [2.45, 2.75) is 157 Å². The molecule has 0 saturated carbocycles. The molecule has 3 heterocycles. The van der Waals surface area contributed by atoms with Crippen LogP contribution in [-0.2, 0) is 62.3 Å². The molecule has 1 fully saturated rings. The number of pyridine rings is 1. The lowest BCUT2D eigenvalue weighted by Gasteiger charge is -2.34. The van der Waals surface area contributed by atoms with Crippen molar-refractivity contribution < 1.29 is 98.3 Å². The van der Waals surface area contributed by atoms with Crippen LogP contribution in [0, 0.1) is 0 Å². The number of nitrogens with one attached hydrogen (secondary N) is 11. The van der Waals surface area contributed by atoms with E-state index in [4.69, 9.17) is 17.2 Å². The highest BCUT2D eigenvalue weighted by atomic mass is 16.5. The maximum atomic E-state index is 14.4. The average molecular weight is 1330 g/mol. The molecule has 39 nitrogen and oxygen atoms in total. The van der Waals surface area contributed by atoms with E-state index in [9.17, 15) is 103 Å². The number of benzene rings is 1. The third kappa shape index (κ3) is 23.4. The number of primary amides is 1. The van der Waals surface area contributed by atoms with Crippen molar-refractivity contribution in [3.05, 3.63) is 28.4 Å². The molecule has 11 unspecified atom stereocenters. The first kappa shape index (κ1) is 76.6. The highest BCUT2D eigenvalue weighted by Gasteiger charge is 2.38. The third-order valence-electron chi connectivity index (χ3n) is 14.8. The van der Waals surface area contributed by atoms with Crippen molar-refractivity contribution in [2.24, 2.45) is 22.2 Å². The van der Waals surface area contributed by atoms with E-state index in [1.165, 1.54) is 17.6 Å². The van der Waals surface area contributed by atoms with E-state index in [1.807, 2.05) is 0 Å². The van der Waals surface area contributed by atoms with E-state index in [2.05, 4.69) is 63.5 Å². The summed E-state index contributed by atoms with van der Waals surface area (Å²) in [7, 11) is 0. The second-order valence-corrected chi connectivity index (χ2v) is 22.1. The van der Waals surface area contributed by atoms with Crippen molar-refractivity contribution in [3.63, 3.8) is 0 Å². The van der Waals surface area contributed by atoms with Gasteiger partial charge in [0, 0.05) is 57.2 Å². The molecule has 0 aromatic carbocycles. The summed E-state index contributed by atoms with van der Waals surface area (Å²) in [6, 6.07) is -11.7. The summed E-state index contributed by atoms with van der Waals surface area (Å²) in [5.74, 6) is -12.2. The molecule has 4 rings (SSSR count). The van der Waals surface area contributed by atoms with Crippen molar-refractivity contribution in [3.8, 4) is 17.0 Å². The largest absolute Gasteiger partial charge is 0.504 e. The monoisotopic (exact) mass is 1330 g/mol. The van der Waals surface area contributed by atoms with Crippen LogP contribution in [0.5, 0.6) is 5.75 Å². The number of aliphatic hydroxyl groups is 4. The van der Waals surface area contributed by atoms with Gasteiger partial charge in [0.05, 0.1) is 36.8 Å². The predicted octanol–water partition coefficient (Wildman–Crippen LogP) is -8.55. The Morgan fingerprint density at radius 3 is 1.86 bits per heavy atom. The number of nitrogens with zero attached hydrogens (tertiary/aromatic N) is 4. The fourth-order valence-electron chi connectivity index (χ4n) is 9.84. The smallest absolute Gasteiger partial charge is 0.245 e. The van der Waals surface area contributed by atoms with Crippen LogP contribution in [0.25, 0.3) is 11.3 Å². The van der Waals surface area contributed by atoms with E-state index < -0.39 is 169 Å². The van der Waals surface area contributed by atoms with E-state index in [-0.39, 0.29) is 148 Å². The Morgan fingerprint density at radius 1 is 0.681 bits per heavy atom. The zero-order valence-electron chi connectivity index (χ0n) is 51.5. The van der Waals surface area contributed by atoms with Crippen LogP contribution in [-0.4, -0.2) is 241 Å². The number of anilines is 2. The highest BCUT2D eigenvalue weighted by Crippen LogP contribution is 2.40. The lowest BCUT2D eigenvalue weighted by molar-refractivity contribution is -0.150. The Balaban J connectivity index is 1.63. The number of carbonyl (C=O) groups is 13. The second-order valence-electron chi connectivity index (χ2n) is 22.1. The van der Waals surface area contributed by atoms with Gasteiger partial charge in [0.15, 0.2) is 11.7 Å². The summed E-state index contributed by atoms with van der Waals surface area (Å²) in [5.41, 5.74) is 15.6. The Hall–Kier alpha value is -9.83. The van der Waals surface area contributed by atoms with Crippen LogP contribution >= 0.6 is 0 Å². The lowest BCUT2D eigenvalue weighted by atomic mass is 10.0. The van der Waals surface area contributed by atoms with Gasteiger partial charge in [-0.25, -0.2) is 10.1 Å². The first-order valence-electron chi connectivity index (χ1n) is 29.9. The van der Waals surface area contributed by atoms with Crippen molar-refractivity contribution in [1.29, 1.82) is 0 Å². The molecule has 0 aromatic rings. The molecule has 3 aliphatic heterocycles. The Labute approximate surface area is 536 Å². The number of hydroxylamine groups is 4. The van der Waals surface area contributed by atoms with Gasteiger partial charge in [0.2, 0.25) is 83.2 Å². The number of rotatable bonds is 32. The van der Waals surface area contributed by atoms with E-state index in [1.54, 1.807) is 0 Å². The molecule has 94 heavy (non-hydrogen) atoms. The minimum Gasteiger partial charge on any atom is -0.504 e. The third-order valence-corrected chi connectivity index (χ3v) is 14.8. The quantitative estimate of drug-likeness (QED) is 0.00808. The number of aliphatic hydroxyl groups excluding tert-OH is 4. The number of nitrogens with two attached hydrogens (primary N) is 3. The summed E-state index contributed by atoms with van der Waals surface area (Å²) in [6.45, 7) is -0.962. The molecule has 24 N–H and O–H groups in total. The van der Waals surface area contributed by atoms with Crippen molar-refractivity contribution in [2.75, 3.05) is 56.6 Å². The molecule has 1 aliphatic carbocycles. The Morgan fingerprint density at radius 2 is 1.26 bits per heavy atom. The first-order valence-corrected chi connectivity index (χ1v) is 29.9. The molecule has 39 heteroatoms. The molecular formula is C55H84N18O21. The summed E-state index contributed by atoms with van der Waals surface area (Å²) in [5, 5.41) is 99.7. The van der Waals surface area contributed by atoms with Crippen LogP contribution in [0.4, 0.5) is 11.5 Å². The summed E-state index contributed by atoms with van der Waals surface area (Å²) in [6.07, 6.45) is -5.44. The summed E-state index contributed by atoms with van der Waals surface area (Å²) < 4.78 is 1.32. The van der Waals surface area contributed by atoms with Gasteiger partial charge in [-0.05, 0) is 90.2 Å². The number of aliphatic imine (C=N–C) groups is 1. The summed E-state index contributed by atoms with van der Waals surface area (Å²) >= 11 is 0. The fourth-order valence-corrected chi connectivity index (χ4v) is 9.84. The molecule has 11 atom stereocenters. The van der Waals surface area contributed by atoms with Crippen molar-refractivity contribution >= 4 is 95.3 Å². The topological polar surface area (TPSA) is 615 Å². The summed E-state index contributed by atoms with van der Waals surface area (Å²) in [4.78, 5) is 189. The van der Waals surface area contributed by atoms with Crippen LogP contribution in [0.2, 0.25) is 0 Å². The van der Waals surface area contributed by atoms with Gasteiger partial charge in [0.25, 0.3) is 0 Å². The van der Waals surface area contributed by atoms with E-state index in [0.717, 1.165) is 19.1 Å². The number of guanidine groups is 1. The number of aromatic nitrogens is 1. The van der Waals surface area contributed by atoms with Crippen molar-refractivity contribution in [1.82, 2.24) is 62.5 Å². The zero-order valence-corrected chi connectivity index (χ0v) is 51.5. The maximum absolute atomic E-state index is 14.4. The van der Waals surface area contributed by atoms with Gasteiger partial charge < -0.3 is 106 Å². The molecular weight excluding hydrogens is 1250 g/mol. The standard InChI is InChI=1S/C55H84N18O21/c1-27(78)43-53(91)60-15-4-3-8-30(46(84)64-33(11-7-19-72(94)26-77)49(87)69-44(28(2)79)54(92)70-43)63-47(85)32(10-6-18-71(93)25-76)66-50(88)35(23-74)67-48(86)31(9-5-16-61-55(57)58)65-51(89)36(24-75)68-52(90)37-14-17-59-45-34(62-42(83)13-12-41(56)82)20-29-21-39(80)40(81)22-38(29)73(37)45/h20-22,25-28,30-33,35-37,43-44,59,74-75,78-80,93-94H,3-19,23-24H2,1-2H3,(H2,56,82)(H,60,91)(H,62,83)(H,63,85)(H,64,84)(H,65,89)(H,66,88)(H,67,86)(H,68,90)(H,69,87)(H,70,92)(H4,57,58,61). The molecule has 4 aliphatic rings. The van der Waals surface area contributed by atoms with E-state index >= 15 is 0 Å². The Kier molecular flexibility index (Phi) is 30.7. The average Bonchev–Trinajstić information content (AvgIpc) is 0.751. The molecule has 520 valence electrons. The first-order chi connectivity index (χ1) is 44.5. The maximum Gasteiger partial charge on any atom is 0.245 e. The van der Waals surface area contributed by atoms with Gasteiger partial charge in [-0.2, -0.15) is 0 Å². The highest BCUT2D eigenvalue weighted by molar-refractivity contribution is 6.00. The minimum atomic E-state index is -1.96. The minimum absolute atomic E-state index is 0.0271. The number of aromatic hydroxyl groups is 1. The molecule has 0 radical (unpaired) electrons. The number of fused-ring (bicyclic) bond motifs is 3. The van der Waals surface area contributed by atoms with Crippen LogP contribution in [0.15, 0.2) is 28.0 Å². The van der Waals surface area contributed by atoms with Gasteiger partial charge in [-0.15, -0.1) is 0 Å². The predicted molar refractivity (Wildman–Crippen MR) is 326 cm³/mol. The van der Waals surface area contributed by atoms with Crippen LogP contribution < -0.4 is 81.1 Å². The number of hydrogen-bond acceptors (Lipinski definition) is 23. The van der Waals surface area contributed by atoms with Crippen LogP contribution in [0.3, 0.4) is 0 Å². The lowest BCUT2D eigenvalue weighted by Crippen LogP contribution is -2.62. The number of carbonyl (C=O) groups excluding carboxylic acids is 13. The number of amides is 13. The normalized spacial score (nSPS) is 19.7. The Bertz CT molecular complexity index is 3090. The van der Waals surface area contributed by atoms with E-state index in [0.29, 0.717) is 0 Å². The fraction of sp³-hybridized carbons (Fsp3) is 0.582. The molecule has 0 spiro atoms. The number of phenolic OH excluding ortho intramolecular Hbond substituents is 1. The number of phenols is 1. The molecule has 13 amide bonds. The van der Waals surface area contributed by atoms with Gasteiger partial charge >= 0.3 is 0 Å². The van der Waals surface area contributed by atoms with Crippen LogP contribution in [0.1, 0.15) is 96.9 Å². The van der Waals surface area contributed by atoms with Gasteiger partial charge in [-0.3, -0.25) is 82.5 Å². The zero-order chi connectivity index (χ0) is 69.9.